The van der Waals surface area contributed by atoms with E-state index >= 15 is 0 Å². The van der Waals surface area contributed by atoms with Gasteiger partial charge in [-0.1, -0.05) is 0 Å². The quantitative estimate of drug-likeness (QED) is 0.676. The molecule has 8 nitrogen and oxygen atoms in total. The smallest absolute Gasteiger partial charge is 0.326 e. The number of amides is 2. The van der Waals surface area contributed by atoms with E-state index in [4.69, 9.17) is 19.9 Å². The Morgan fingerprint density at radius 1 is 1.14 bits per heavy atom. The fourth-order valence-electron chi connectivity index (χ4n) is 1.49. The summed E-state index contributed by atoms with van der Waals surface area (Å²) in [6.07, 6.45) is -1.05. The molecule has 1 atom stereocenters. The fourth-order valence-corrected chi connectivity index (χ4v) is 1.49. The second-order valence-electron chi connectivity index (χ2n) is 4.32. The van der Waals surface area contributed by atoms with Gasteiger partial charge in [-0.05, 0) is 19.1 Å². The zero-order valence-electron chi connectivity index (χ0n) is 12.5. The zero-order valence-corrected chi connectivity index (χ0v) is 12.5. The number of esters is 1. The van der Waals surface area contributed by atoms with E-state index in [0.29, 0.717) is 11.5 Å². The molecule has 0 spiro atoms. The highest BCUT2D eigenvalue weighted by molar-refractivity contribution is 5.96. The van der Waals surface area contributed by atoms with E-state index in [1.54, 1.807) is 6.07 Å². The van der Waals surface area contributed by atoms with Crippen LogP contribution in [0.15, 0.2) is 18.2 Å². The van der Waals surface area contributed by atoms with Crippen LogP contribution in [-0.2, 0) is 14.3 Å². The molecular weight excluding hydrogens is 292 g/mol. The van der Waals surface area contributed by atoms with Crippen molar-refractivity contribution in [2.75, 3.05) is 20.8 Å². The Hall–Kier alpha value is -2.77. The van der Waals surface area contributed by atoms with Crippen molar-refractivity contribution in [1.29, 1.82) is 0 Å². The molecule has 0 bridgehead atoms. The monoisotopic (exact) mass is 310 g/mol. The molecule has 1 aromatic rings. The molecule has 22 heavy (non-hydrogen) atoms. The van der Waals surface area contributed by atoms with Crippen LogP contribution in [0, 0.1) is 0 Å². The maximum Gasteiger partial charge on any atom is 0.326 e. The summed E-state index contributed by atoms with van der Waals surface area (Å²) in [7, 11) is 2.91. The molecule has 0 saturated heterocycles. The van der Waals surface area contributed by atoms with Crippen molar-refractivity contribution in [3.63, 3.8) is 0 Å². The van der Waals surface area contributed by atoms with Gasteiger partial charge in [0.15, 0.2) is 6.10 Å². The summed E-state index contributed by atoms with van der Waals surface area (Å²) >= 11 is 0. The van der Waals surface area contributed by atoms with Crippen molar-refractivity contribution in [3.8, 4) is 11.5 Å². The lowest BCUT2D eigenvalue weighted by molar-refractivity contribution is -0.152. The maximum atomic E-state index is 12.0. The summed E-state index contributed by atoms with van der Waals surface area (Å²) in [5, 5.41) is 2.37. The van der Waals surface area contributed by atoms with Crippen LogP contribution in [0.3, 0.4) is 0 Å². The number of rotatable bonds is 7. The van der Waals surface area contributed by atoms with Gasteiger partial charge in [-0.3, -0.25) is 14.4 Å². The molecule has 8 heteroatoms. The number of hydrogen-bond donors (Lipinski definition) is 2. The maximum absolute atomic E-state index is 12.0. The van der Waals surface area contributed by atoms with Gasteiger partial charge >= 0.3 is 5.97 Å². The SMILES string of the molecule is COc1cc(OC)cc(C(=O)NCC(=O)O[C@H](C)C(N)=O)c1. The minimum absolute atomic E-state index is 0.256. The zero-order chi connectivity index (χ0) is 16.7. The first-order valence-corrected chi connectivity index (χ1v) is 6.37. The normalized spacial score (nSPS) is 11.2. The summed E-state index contributed by atoms with van der Waals surface area (Å²) in [5.41, 5.74) is 5.22. The number of benzene rings is 1. The van der Waals surface area contributed by atoms with E-state index in [0.717, 1.165) is 0 Å². The number of primary amides is 1. The Morgan fingerprint density at radius 2 is 1.68 bits per heavy atom. The van der Waals surface area contributed by atoms with Gasteiger partial charge in [0, 0.05) is 11.6 Å². The van der Waals surface area contributed by atoms with Crippen molar-refractivity contribution in [1.82, 2.24) is 5.32 Å². The minimum atomic E-state index is -1.05. The van der Waals surface area contributed by atoms with E-state index in [2.05, 4.69) is 5.32 Å². The average Bonchev–Trinajstić information content (AvgIpc) is 2.51. The van der Waals surface area contributed by atoms with E-state index in [1.807, 2.05) is 0 Å². The van der Waals surface area contributed by atoms with Gasteiger partial charge in [0.05, 0.1) is 14.2 Å². The van der Waals surface area contributed by atoms with Crippen LogP contribution in [0.5, 0.6) is 11.5 Å². The van der Waals surface area contributed by atoms with Gasteiger partial charge in [-0.2, -0.15) is 0 Å². The van der Waals surface area contributed by atoms with Crippen molar-refractivity contribution in [3.05, 3.63) is 23.8 Å². The summed E-state index contributed by atoms with van der Waals surface area (Å²) < 4.78 is 14.8. The highest BCUT2D eigenvalue weighted by Crippen LogP contribution is 2.22. The standard InChI is InChI=1S/C14H18N2O6/c1-8(13(15)18)22-12(17)7-16-14(19)9-4-10(20-2)6-11(5-9)21-3/h4-6,8H,7H2,1-3H3,(H2,15,18)(H,16,19)/t8-/m1/s1. The third-order valence-corrected chi connectivity index (χ3v) is 2.72. The van der Waals surface area contributed by atoms with Gasteiger partial charge in [-0.15, -0.1) is 0 Å². The van der Waals surface area contributed by atoms with E-state index in [1.165, 1.54) is 33.3 Å². The second-order valence-corrected chi connectivity index (χ2v) is 4.32. The Bertz CT molecular complexity index is 550. The Kier molecular flexibility index (Phi) is 6.18. The van der Waals surface area contributed by atoms with Gasteiger partial charge < -0.3 is 25.3 Å². The Morgan fingerprint density at radius 3 is 2.14 bits per heavy atom. The third kappa shape index (κ3) is 4.97. The number of carbonyl (C=O) groups is 3. The van der Waals surface area contributed by atoms with Crippen LogP contribution in [-0.4, -0.2) is 44.7 Å². The summed E-state index contributed by atoms with van der Waals surface area (Å²) in [4.78, 5) is 34.2. The molecule has 1 aromatic carbocycles. The van der Waals surface area contributed by atoms with E-state index in [-0.39, 0.29) is 5.56 Å². The van der Waals surface area contributed by atoms with Gasteiger partial charge in [0.1, 0.15) is 18.0 Å². The van der Waals surface area contributed by atoms with Gasteiger partial charge in [-0.25, -0.2) is 0 Å². The molecule has 1 rings (SSSR count). The molecule has 0 radical (unpaired) electrons. The van der Waals surface area contributed by atoms with E-state index < -0.39 is 30.4 Å². The molecule has 120 valence electrons. The van der Waals surface area contributed by atoms with E-state index in [9.17, 15) is 14.4 Å². The van der Waals surface area contributed by atoms with Crippen LogP contribution >= 0.6 is 0 Å². The van der Waals surface area contributed by atoms with Crippen molar-refractivity contribution < 1.29 is 28.6 Å². The first kappa shape index (κ1) is 17.3. The van der Waals surface area contributed by atoms with Crippen LogP contribution in [0.4, 0.5) is 0 Å². The summed E-state index contributed by atoms with van der Waals surface area (Å²) in [6.45, 7) is 0.949. The summed E-state index contributed by atoms with van der Waals surface area (Å²) in [6, 6.07) is 4.60. The van der Waals surface area contributed by atoms with Crippen molar-refractivity contribution >= 4 is 17.8 Å². The van der Waals surface area contributed by atoms with Crippen molar-refractivity contribution in [2.45, 2.75) is 13.0 Å². The predicted octanol–water partition coefficient (Wildman–Crippen LogP) is -0.149. The number of carbonyl (C=O) groups excluding carboxylic acids is 3. The molecule has 0 aliphatic heterocycles. The molecule has 3 N–H and O–H groups in total. The van der Waals surface area contributed by atoms with Crippen molar-refractivity contribution in [2.24, 2.45) is 5.73 Å². The average molecular weight is 310 g/mol. The fraction of sp³-hybridized carbons (Fsp3) is 0.357. The first-order valence-electron chi connectivity index (χ1n) is 6.37. The van der Waals surface area contributed by atoms with Gasteiger partial charge in [0.2, 0.25) is 0 Å². The number of methoxy groups -OCH3 is 2. The van der Waals surface area contributed by atoms with Crippen LogP contribution in [0.1, 0.15) is 17.3 Å². The largest absolute Gasteiger partial charge is 0.497 e. The number of ether oxygens (including phenoxy) is 3. The molecule has 0 aliphatic carbocycles. The Labute approximate surface area is 127 Å². The number of nitrogens with one attached hydrogen (secondary N) is 1. The Balaban J connectivity index is 2.65. The predicted molar refractivity (Wildman–Crippen MR) is 76.6 cm³/mol. The topological polar surface area (TPSA) is 117 Å². The minimum Gasteiger partial charge on any atom is -0.497 e. The highest BCUT2D eigenvalue weighted by atomic mass is 16.5. The molecule has 0 aliphatic rings. The van der Waals surface area contributed by atoms with Crippen LogP contribution < -0.4 is 20.5 Å². The lowest BCUT2D eigenvalue weighted by Gasteiger charge is -2.11. The molecule has 0 aromatic heterocycles. The van der Waals surface area contributed by atoms with Crippen LogP contribution in [0.2, 0.25) is 0 Å². The molecule has 2 amide bonds. The molecule has 0 fully saturated rings. The first-order chi connectivity index (χ1) is 10.4. The molecular formula is C14H18N2O6. The third-order valence-electron chi connectivity index (χ3n) is 2.72. The number of nitrogens with two attached hydrogens (primary N) is 1. The lowest BCUT2D eigenvalue weighted by Crippen LogP contribution is -2.36. The second kappa shape index (κ2) is 7.87. The number of hydrogen-bond acceptors (Lipinski definition) is 6. The summed E-state index contributed by atoms with van der Waals surface area (Å²) in [5.74, 6) is -1.17. The molecule has 0 saturated carbocycles. The molecule has 0 heterocycles. The van der Waals surface area contributed by atoms with Gasteiger partial charge in [0.25, 0.3) is 11.8 Å². The highest BCUT2D eigenvalue weighted by Gasteiger charge is 2.16. The molecule has 0 unspecified atom stereocenters. The lowest BCUT2D eigenvalue weighted by atomic mass is 10.2. The van der Waals surface area contributed by atoms with Crippen LogP contribution in [0.25, 0.3) is 0 Å².